The number of hydrogen-bond acceptors (Lipinski definition) is 11. The molecule has 0 amide bonds. The molecule has 3 heterocycles. The molecule has 1 atom stereocenters. The predicted octanol–water partition coefficient (Wildman–Crippen LogP) is 4.80. The Balaban J connectivity index is 1.78. The summed E-state index contributed by atoms with van der Waals surface area (Å²) in [6.45, 7) is 5.49. The number of aromatic amines is 1. The number of nitrogens with one attached hydrogen (secondary N) is 1. The average molecular weight is 727 g/mol. The molecule has 1 aliphatic rings. The van der Waals surface area contributed by atoms with Crippen molar-refractivity contribution in [1.29, 1.82) is 0 Å². The Kier molecular flexibility index (Phi) is 10.0. The molecule has 0 unspecified atom stereocenters. The molecule has 2 aromatic heterocycles. The van der Waals surface area contributed by atoms with Crippen LogP contribution in [0, 0.1) is 17.0 Å². The highest BCUT2D eigenvalue weighted by atomic mass is 79.9. The maximum Gasteiger partial charge on any atom is 0.338 e. The Hall–Kier alpha value is -4.34. The van der Waals surface area contributed by atoms with Gasteiger partial charge >= 0.3 is 5.97 Å². The summed E-state index contributed by atoms with van der Waals surface area (Å²) < 4.78 is 13.5. The van der Waals surface area contributed by atoms with Crippen molar-refractivity contribution in [2.24, 2.45) is 4.99 Å². The van der Waals surface area contributed by atoms with E-state index in [4.69, 9.17) is 14.5 Å². The number of nitrogens with zero attached hydrogens (tertiary/aromatic N) is 4. The predicted molar refractivity (Wildman–Crippen MR) is 177 cm³/mol. The molecular formula is C31H28BrN5O7S2. The fourth-order valence-corrected chi connectivity index (χ4v) is 7.35. The molecule has 238 valence electrons. The molecular weight excluding hydrogens is 698 g/mol. The third-order valence-corrected chi connectivity index (χ3v) is 9.38. The fraction of sp³-hybridized carbons (Fsp3) is 0.258. The summed E-state index contributed by atoms with van der Waals surface area (Å²) in [5.74, 6) is -0.132. The van der Waals surface area contributed by atoms with Crippen molar-refractivity contribution in [1.82, 2.24) is 14.5 Å². The van der Waals surface area contributed by atoms with Crippen LogP contribution in [0.25, 0.3) is 6.08 Å². The molecule has 1 N–H and O–H groups in total. The molecule has 2 aromatic carbocycles. The summed E-state index contributed by atoms with van der Waals surface area (Å²) in [7, 11) is 1.51. The van der Waals surface area contributed by atoms with Gasteiger partial charge in [-0.2, -0.15) is 0 Å². The number of non-ortho nitro benzene ring substituents is 1. The van der Waals surface area contributed by atoms with E-state index in [9.17, 15) is 24.5 Å². The maximum absolute atomic E-state index is 14.3. The second-order valence-electron chi connectivity index (χ2n) is 10.1. The van der Waals surface area contributed by atoms with Crippen LogP contribution in [-0.4, -0.2) is 39.1 Å². The lowest BCUT2D eigenvalue weighted by atomic mass is 9.93. The van der Waals surface area contributed by atoms with Gasteiger partial charge in [0.25, 0.3) is 16.8 Å². The molecule has 46 heavy (non-hydrogen) atoms. The first-order valence-electron chi connectivity index (χ1n) is 14.1. The Morgan fingerprint density at radius 1 is 1.22 bits per heavy atom. The van der Waals surface area contributed by atoms with Gasteiger partial charge in [0.15, 0.2) is 9.96 Å². The van der Waals surface area contributed by atoms with Crippen molar-refractivity contribution in [3.8, 4) is 5.75 Å². The minimum atomic E-state index is -0.924. The number of hydrogen-bond donors (Lipinski definition) is 1. The third kappa shape index (κ3) is 6.76. The fourth-order valence-electron chi connectivity index (χ4n) is 5.03. The van der Waals surface area contributed by atoms with Crippen molar-refractivity contribution in [3.05, 3.63) is 115 Å². The number of esters is 1. The van der Waals surface area contributed by atoms with Crippen molar-refractivity contribution >= 4 is 56.8 Å². The largest absolute Gasteiger partial charge is 0.496 e. The molecule has 0 saturated heterocycles. The number of ether oxygens (including phenoxy) is 2. The van der Waals surface area contributed by atoms with Crippen LogP contribution < -0.4 is 25.2 Å². The van der Waals surface area contributed by atoms with Gasteiger partial charge in [0.05, 0.1) is 34.4 Å². The summed E-state index contributed by atoms with van der Waals surface area (Å²) >= 11 is 5.71. The first-order chi connectivity index (χ1) is 22.0. The molecule has 0 fully saturated rings. The number of benzene rings is 2. The van der Waals surface area contributed by atoms with Crippen molar-refractivity contribution in [2.75, 3.05) is 13.7 Å². The van der Waals surface area contributed by atoms with E-state index < -0.39 is 22.5 Å². The van der Waals surface area contributed by atoms with Gasteiger partial charge in [0.2, 0.25) is 0 Å². The van der Waals surface area contributed by atoms with Crippen LogP contribution in [0.15, 0.2) is 82.8 Å². The number of nitro benzene ring substituents is 1. The zero-order chi connectivity index (χ0) is 33.1. The van der Waals surface area contributed by atoms with Crippen LogP contribution in [0.1, 0.15) is 49.6 Å². The molecule has 15 heteroatoms. The van der Waals surface area contributed by atoms with Gasteiger partial charge in [-0.3, -0.25) is 24.3 Å². The number of H-pyrrole nitrogens is 1. The number of thiazole rings is 1. The van der Waals surface area contributed by atoms with Gasteiger partial charge in [0, 0.05) is 38.8 Å². The number of rotatable bonds is 10. The number of nitro groups is 1. The van der Waals surface area contributed by atoms with E-state index in [1.54, 1.807) is 44.2 Å². The van der Waals surface area contributed by atoms with Crippen LogP contribution in [0.2, 0.25) is 0 Å². The smallest absolute Gasteiger partial charge is 0.338 e. The summed E-state index contributed by atoms with van der Waals surface area (Å²) in [5.41, 5.74) is 1.18. The van der Waals surface area contributed by atoms with E-state index >= 15 is 0 Å². The Bertz CT molecular complexity index is 2140. The summed E-state index contributed by atoms with van der Waals surface area (Å²) in [6, 6.07) is 10.0. The van der Waals surface area contributed by atoms with Gasteiger partial charge in [0.1, 0.15) is 11.8 Å². The lowest BCUT2D eigenvalue weighted by Crippen LogP contribution is -2.40. The maximum atomic E-state index is 14.3. The lowest BCUT2D eigenvalue weighted by Gasteiger charge is -2.27. The van der Waals surface area contributed by atoms with Gasteiger partial charge in [-0.25, -0.2) is 14.8 Å². The van der Waals surface area contributed by atoms with E-state index in [0.717, 1.165) is 23.1 Å². The normalized spacial score (nSPS) is 14.5. The molecule has 0 saturated carbocycles. The number of aryl methyl sites for hydroxylation is 1. The molecule has 0 spiro atoms. The molecule has 0 radical (unpaired) electrons. The van der Waals surface area contributed by atoms with Gasteiger partial charge in [-0.15, -0.1) is 0 Å². The number of halogens is 1. The molecule has 0 bridgehead atoms. The number of methoxy groups -OCH3 is 1. The highest BCUT2D eigenvalue weighted by Crippen LogP contribution is 2.38. The molecule has 12 nitrogen and oxygen atoms in total. The monoisotopic (exact) mass is 725 g/mol. The van der Waals surface area contributed by atoms with Crippen LogP contribution in [0.4, 0.5) is 5.69 Å². The zero-order valence-corrected chi connectivity index (χ0v) is 28.4. The van der Waals surface area contributed by atoms with Gasteiger partial charge < -0.3 is 14.5 Å². The van der Waals surface area contributed by atoms with Crippen molar-refractivity contribution < 1.29 is 19.2 Å². The Labute approximate surface area is 278 Å². The number of carbonyl (C=O) groups is 1. The minimum absolute atomic E-state index is 0.128. The zero-order valence-electron chi connectivity index (χ0n) is 25.2. The van der Waals surface area contributed by atoms with E-state index in [1.807, 2.05) is 6.92 Å². The number of allylic oxidation sites excluding steroid dienone is 1. The van der Waals surface area contributed by atoms with E-state index in [1.165, 1.54) is 29.9 Å². The quantitative estimate of drug-likeness (QED) is 0.105. The molecule has 5 rings (SSSR count). The standard InChI is InChI=1S/C31H28BrN5O7S2/c1-5-7-21-26(29(40)44-6-2)27(20-15-18(32)8-10-22(20)43-4)36-28(39)24(46-31(36)34-21)14-17-13-19(37(41)42)9-11-23(17)45-30-33-16(3)12-25(38)35-30/h8-15,27H,5-7H2,1-4H3,(H,33,35,38)/b24-14-/t27-/m0/s1. The second-order valence-corrected chi connectivity index (χ2v) is 13.0. The van der Waals surface area contributed by atoms with Crippen LogP contribution in [0.5, 0.6) is 5.75 Å². The first kappa shape index (κ1) is 33.0. The topological polar surface area (TPSA) is 159 Å². The first-order valence-corrected chi connectivity index (χ1v) is 16.6. The summed E-state index contributed by atoms with van der Waals surface area (Å²) in [4.78, 5) is 63.8. The summed E-state index contributed by atoms with van der Waals surface area (Å²) in [5, 5.41) is 12.0. The highest BCUT2D eigenvalue weighted by molar-refractivity contribution is 9.10. The van der Waals surface area contributed by atoms with E-state index in [2.05, 4.69) is 25.9 Å². The van der Waals surface area contributed by atoms with Crippen LogP contribution >= 0.6 is 39.0 Å². The van der Waals surface area contributed by atoms with Gasteiger partial charge in [-0.05, 0) is 56.2 Å². The number of aromatic nitrogens is 3. The number of fused-ring (bicyclic) bond motifs is 1. The highest BCUT2D eigenvalue weighted by Gasteiger charge is 2.36. The summed E-state index contributed by atoms with van der Waals surface area (Å²) in [6.07, 6.45) is 2.69. The van der Waals surface area contributed by atoms with Crippen molar-refractivity contribution in [2.45, 2.75) is 49.7 Å². The minimum Gasteiger partial charge on any atom is -0.496 e. The third-order valence-electron chi connectivity index (χ3n) is 6.92. The van der Waals surface area contributed by atoms with Crippen LogP contribution in [-0.2, 0) is 9.53 Å². The van der Waals surface area contributed by atoms with E-state index in [-0.39, 0.29) is 28.0 Å². The Morgan fingerprint density at radius 3 is 2.67 bits per heavy atom. The van der Waals surface area contributed by atoms with Crippen molar-refractivity contribution in [3.63, 3.8) is 0 Å². The second kappa shape index (κ2) is 14.0. The van der Waals surface area contributed by atoms with Gasteiger partial charge in [-0.1, -0.05) is 52.4 Å². The lowest BCUT2D eigenvalue weighted by molar-refractivity contribution is -0.384. The molecule has 0 aliphatic carbocycles. The molecule has 1 aliphatic heterocycles. The van der Waals surface area contributed by atoms with Crippen LogP contribution in [0.3, 0.4) is 0 Å². The average Bonchev–Trinajstić information content (AvgIpc) is 3.31. The Morgan fingerprint density at radius 2 is 2.00 bits per heavy atom. The SMILES string of the molecule is CCCC1=C(C(=O)OCC)[C@H](c2cc(Br)ccc2OC)n2c(s/c(=C\c3cc([N+](=O)[O-])ccc3Sc3nc(C)cc(=O)[nH]3)c2=O)=N1. The van der Waals surface area contributed by atoms with E-state index in [0.29, 0.717) is 60.4 Å². The number of carbonyl (C=O) groups excluding carboxylic acids is 1. The molecule has 4 aromatic rings.